The quantitative estimate of drug-likeness (QED) is 0.727. The summed E-state index contributed by atoms with van der Waals surface area (Å²) in [6.07, 6.45) is 1.37. The van der Waals surface area contributed by atoms with E-state index in [-0.39, 0.29) is 24.0 Å². The predicted octanol–water partition coefficient (Wildman–Crippen LogP) is 3.17. The lowest BCUT2D eigenvalue weighted by Gasteiger charge is -2.35. The lowest BCUT2D eigenvalue weighted by atomic mass is 9.91. The molecule has 0 aromatic heterocycles. The lowest BCUT2D eigenvalue weighted by Crippen LogP contribution is -2.38. The van der Waals surface area contributed by atoms with Crippen molar-refractivity contribution in [2.75, 3.05) is 33.2 Å². The van der Waals surface area contributed by atoms with Crippen LogP contribution in [0, 0.1) is 11.8 Å². The van der Waals surface area contributed by atoms with E-state index in [1.54, 1.807) is 0 Å². The Morgan fingerprint density at radius 2 is 1.79 bits per heavy atom. The minimum atomic E-state index is 0. The van der Waals surface area contributed by atoms with E-state index in [1.165, 1.54) is 30.6 Å². The van der Waals surface area contributed by atoms with Gasteiger partial charge in [-0.25, -0.2) is 0 Å². The molecule has 2 unspecified atom stereocenters. The van der Waals surface area contributed by atoms with Crippen LogP contribution < -0.4 is 5.32 Å². The van der Waals surface area contributed by atoms with Crippen molar-refractivity contribution in [1.29, 1.82) is 0 Å². The van der Waals surface area contributed by atoms with Gasteiger partial charge in [0.15, 0.2) is 5.96 Å². The van der Waals surface area contributed by atoms with E-state index in [4.69, 9.17) is 0 Å². The number of likely N-dealkylation sites (tertiary alicyclic amines) is 1. The lowest BCUT2D eigenvalue weighted by molar-refractivity contribution is 0.134. The predicted molar refractivity (Wildman–Crippen MR) is 112 cm³/mol. The van der Waals surface area contributed by atoms with Crippen molar-refractivity contribution in [3.8, 4) is 0 Å². The first kappa shape index (κ1) is 19.5. The average Bonchev–Trinajstić information content (AvgIpc) is 2.91. The number of likely N-dealkylation sites (N-methyl/N-ethyl adjacent to an activating group) is 1. The van der Waals surface area contributed by atoms with E-state index in [1.807, 2.05) is 0 Å². The molecule has 134 valence electrons. The van der Waals surface area contributed by atoms with Gasteiger partial charge in [0, 0.05) is 39.8 Å². The fourth-order valence-electron chi connectivity index (χ4n) is 3.94. The Morgan fingerprint density at radius 1 is 1.12 bits per heavy atom. The fraction of sp³-hybridized carbons (Fsp3) is 0.632. The minimum Gasteiger partial charge on any atom is -0.352 e. The molecule has 1 N–H and O–H groups in total. The zero-order chi connectivity index (χ0) is 16.2. The molecule has 1 aromatic rings. The van der Waals surface area contributed by atoms with Crippen LogP contribution in [0.1, 0.15) is 31.4 Å². The number of piperidine rings is 1. The van der Waals surface area contributed by atoms with Crippen molar-refractivity contribution in [1.82, 2.24) is 15.1 Å². The minimum absolute atomic E-state index is 0. The molecule has 1 fully saturated rings. The van der Waals surface area contributed by atoms with Crippen LogP contribution in [-0.2, 0) is 13.1 Å². The molecule has 2 aliphatic rings. The van der Waals surface area contributed by atoms with Gasteiger partial charge in [-0.1, -0.05) is 38.1 Å². The number of guanidine groups is 1. The average molecular weight is 442 g/mol. The summed E-state index contributed by atoms with van der Waals surface area (Å²) in [7, 11) is 2.10. The van der Waals surface area contributed by atoms with Crippen molar-refractivity contribution in [3.63, 3.8) is 0 Å². The Labute approximate surface area is 163 Å². The zero-order valence-electron chi connectivity index (χ0n) is 15.2. The molecule has 3 rings (SSSR count). The molecule has 0 radical (unpaired) electrons. The Morgan fingerprint density at radius 3 is 2.42 bits per heavy atom. The Kier molecular flexibility index (Phi) is 7.34. The smallest absolute Gasteiger partial charge is 0.194 e. The molecule has 0 amide bonds. The highest BCUT2D eigenvalue weighted by Crippen LogP contribution is 2.23. The summed E-state index contributed by atoms with van der Waals surface area (Å²) >= 11 is 0. The summed E-state index contributed by atoms with van der Waals surface area (Å²) in [6.45, 7) is 11.1. The Balaban J connectivity index is 0.00000208. The second-order valence-corrected chi connectivity index (χ2v) is 7.39. The highest BCUT2D eigenvalue weighted by atomic mass is 127. The highest BCUT2D eigenvalue weighted by molar-refractivity contribution is 14.0. The van der Waals surface area contributed by atoms with Crippen molar-refractivity contribution in [3.05, 3.63) is 35.4 Å². The zero-order valence-corrected chi connectivity index (χ0v) is 17.5. The van der Waals surface area contributed by atoms with Crippen LogP contribution in [0.2, 0.25) is 0 Å². The van der Waals surface area contributed by atoms with E-state index in [0.717, 1.165) is 44.0 Å². The summed E-state index contributed by atoms with van der Waals surface area (Å²) in [5.74, 6) is 2.65. The van der Waals surface area contributed by atoms with Gasteiger partial charge in [-0.2, -0.15) is 0 Å². The van der Waals surface area contributed by atoms with Crippen LogP contribution in [0.15, 0.2) is 29.3 Å². The van der Waals surface area contributed by atoms with Crippen molar-refractivity contribution in [2.45, 2.75) is 33.4 Å². The number of halogens is 1. The topological polar surface area (TPSA) is 30.9 Å². The first-order chi connectivity index (χ1) is 11.1. The molecule has 2 atom stereocenters. The molecule has 0 spiro atoms. The van der Waals surface area contributed by atoms with Gasteiger partial charge < -0.3 is 10.2 Å². The van der Waals surface area contributed by atoms with E-state index < -0.39 is 0 Å². The van der Waals surface area contributed by atoms with Gasteiger partial charge in [0.25, 0.3) is 0 Å². The van der Waals surface area contributed by atoms with Crippen molar-refractivity contribution in [2.24, 2.45) is 16.8 Å². The summed E-state index contributed by atoms with van der Waals surface area (Å²) in [5.41, 5.74) is 2.84. The largest absolute Gasteiger partial charge is 0.352 e. The molecule has 2 heterocycles. The molecular weight excluding hydrogens is 411 g/mol. The van der Waals surface area contributed by atoms with Gasteiger partial charge in [-0.05, 0) is 29.4 Å². The third-order valence-electron chi connectivity index (χ3n) is 4.95. The second kappa shape index (κ2) is 9.04. The molecule has 4 nitrogen and oxygen atoms in total. The molecule has 0 aliphatic carbocycles. The van der Waals surface area contributed by atoms with Gasteiger partial charge in [0.05, 0.1) is 6.54 Å². The standard InChI is InChI=1S/C19H30N4.HI/c1-15-10-16(2)13-23(12-15)14-18-7-5-4-6-17(18)11-21-19-20-8-9-22(19)3;/h4-7,15-16H,8-14H2,1-3H3,(H,20,21);1H. The van der Waals surface area contributed by atoms with Gasteiger partial charge >= 0.3 is 0 Å². The highest BCUT2D eigenvalue weighted by Gasteiger charge is 2.22. The Hall–Kier alpha value is -0.820. The Bertz CT molecular complexity index is 550. The maximum Gasteiger partial charge on any atom is 0.194 e. The summed E-state index contributed by atoms with van der Waals surface area (Å²) in [5, 5.41) is 3.50. The molecule has 1 aromatic carbocycles. The van der Waals surface area contributed by atoms with E-state index >= 15 is 0 Å². The van der Waals surface area contributed by atoms with Crippen molar-refractivity contribution >= 4 is 29.9 Å². The first-order valence-corrected chi connectivity index (χ1v) is 8.90. The van der Waals surface area contributed by atoms with E-state index in [2.05, 4.69) is 65.3 Å². The van der Waals surface area contributed by atoms with Crippen LogP contribution >= 0.6 is 24.0 Å². The number of rotatable bonds is 4. The number of nitrogens with one attached hydrogen (secondary N) is 1. The van der Waals surface area contributed by atoms with Crippen LogP contribution in [0.4, 0.5) is 0 Å². The van der Waals surface area contributed by atoms with Crippen LogP contribution in [0.25, 0.3) is 0 Å². The SMILES string of the molecule is CC1CC(C)CN(Cc2ccccc2CNC2=NCCN2C)C1.I. The van der Waals surface area contributed by atoms with Gasteiger partial charge in [0.2, 0.25) is 0 Å². The number of aliphatic imine (C=N–C) groups is 1. The van der Waals surface area contributed by atoms with Gasteiger partial charge in [-0.3, -0.25) is 9.89 Å². The fourth-order valence-corrected chi connectivity index (χ4v) is 3.94. The van der Waals surface area contributed by atoms with Gasteiger partial charge in [-0.15, -0.1) is 24.0 Å². The van der Waals surface area contributed by atoms with Crippen LogP contribution in [0.5, 0.6) is 0 Å². The molecule has 0 saturated carbocycles. The maximum absolute atomic E-state index is 4.52. The van der Waals surface area contributed by atoms with Crippen LogP contribution in [0.3, 0.4) is 0 Å². The summed E-state index contributed by atoms with van der Waals surface area (Å²) < 4.78 is 0. The molecular formula is C19H31IN4. The number of hydrogen-bond donors (Lipinski definition) is 1. The number of benzene rings is 1. The first-order valence-electron chi connectivity index (χ1n) is 8.90. The van der Waals surface area contributed by atoms with Crippen molar-refractivity contribution < 1.29 is 0 Å². The number of hydrogen-bond acceptors (Lipinski definition) is 4. The van der Waals surface area contributed by atoms with Gasteiger partial charge in [0.1, 0.15) is 0 Å². The van der Waals surface area contributed by atoms with E-state index in [0.29, 0.717) is 0 Å². The summed E-state index contributed by atoms with van der Waals surface area (Å²) in [6, 6.07) is 8.83. The third kappa shape index (κ3) is 5.09. The molecule has 0 bridgehead atoms. The molecule has 1 saturated heterocycles. The monoisotopic (exact) mass is 442 g/mol. The van der Waals surface area contributed by atoms with Crippen LogP contribution in [-0.4, -0.2) is 49.0 Å². The third-order valence-corrected chi connectivity index (χ3v) is 4.95. The van der Waals surface area contributed by atoms with E-state index in [9.17, 15) is 0 Å². The summed E-state index contributed by atoms with van der Waals surface area (Å²) in [4.78, 5) is 9.33. The normalized spacial score (nSPS) is 24.5. The number of nitrogens with zero attached hydrogens (tertiary/aromatic N) is 3. The second-order valence-electron chi connectivity index (χ2n) is 7.39. The molecule has 2 aliphatic heterocycles. The molecule has 24 heavy (non-hydrogen) atoms. The maximum atomic E-state index is 4.52. The molecule has 5 heteroatoms.